The van der Waals surface area contributed by atoms with Gasteiger partial charge in [0.25, 0.3) is 5.56 Å². The molecule has 0 radical (unpaired) electrons. The van der Waals surface area contributed by atoms with Crippen LogP contribution in [0.2, 0.25) is 0 Å². The van der Waals surface area contributed by atoms with Gasteiger partial charge >= 0.3 is 0 Å². The van der Waals surface area contributed by atoms with E-state index in [4.69, 9.17) is 14.6 Å². The van der Waals surface area contributed by atoms with Gasteiger partial charge in [-0.1, -0.05) is 18.2 Å². The van der Waals surface area contributed by atoms with E-state index in [9.17, 15) is 9.59 Å². The zero-order chi connectivity index (χ0) is 23.8. The molecular weight excluding hydrogens is 432 g/mol. The van der Waals surface area contributed by atoms with E-state index in [1.165, 1.54) is 0 Å². The summed E-state index contributed by atoms with van der Waals surface area (Å²) in [5.41, 5.74) is 4.60. The van der Waals surface area contributed by atoms with Gasteiger partial charge < -0.3 is 14.8 Å². The number of hydrogen-bond acceptors (Lipinski definition) is 5. The topological polar surface area (TPSA) is 87.4 Å². The maximum atomic E-state index is 13.5. The van der Waals surface area contributed by atoms with Crippen molar-refractivity contribution in [1.29, 1.82) is 0 Å². The summed E-state index contributed by atoms with van der Waals surface area (Å²) in [5, 5.41) is 8.59. The number of rotatable bonds is 6. The van der Waals surface area contributed by atoms with E-state index >= 15 is 0 Å². The molecule has 0 unspecified atom stereocenters. The van der Waals surface area contributed by atoms with Crippen molar-refractivity contribution in [2.75, 3.05) is 12.1 Å². The molecule has 3 heterocycles. The summed E-state index contributed by atoms with van der Waals surface area (Å²) in [7, 11) is 0. The van der Waals surface area contributed by atoms with Crippen molar-refractivity contribution in [3.8, 4) is 17.2 Å². The highest BCUT2D eigenvalue weighted by molar-refractivity contribution is 5.91. The molecule has 1 N–H and O–H groups in total. The van der Waals surface area contributed by atoms with Crippen LogP contribution in [0.5, 0.6) is 11.5 Å². The Kier molecular flexibility index (Phi) is 5.57. The smallest absolute Gasteiger partial charge is 0.255 e. The average Bonchev–Trinajstić information content (AvgIpc) is 3.44. The molecule has 4 aromatic rings. The summed E-state index contributed by atoms with van der Waals surface area (Å²) in [6.07, 6.45) is 0.526. The van der Waals surface area contributed by atoms with Crippen LogP contribution in [0.3, 0.4) is 0 Å². The second-order valence-corrected chi connectivity index (χ2v) is 8.30. The third-order valence-electron chi connectivity index (χ3n) is 6.20. The Morgan fingerprint density at radius 2 is 1.85 bits per heavy atom. The fourth-order valence-corrected chi connectivity index (χ4v) is 4.55. The molecule has 1 aliphatic heterocycles. The number of hydrogen-bond donors (Lipinski definition) is 1. The van der Waals surface area contributed by atoms with Gasteiger partial charge in [-0.25, -0.2) is 4.68 Å². The van der Waals surface area contributed by atoms with Crippen molar-refractivity contribution in [2.45, 2.75) is 40.2 Å². The molecule has 0 aliphatic carbocycles. The van der Waals surface area contributed by atoms with Gasteiger partial charge in [-0.15, -0.1) is 0 Å². The predicted octanol–water partition coefficient (Wildman–Crippen LogP) is 4.12. The van der Waals surface area contributed by atoms with E-state index in [1.807, 2.05) is 55.8 Å². The monoisotopic (exact) mass is 458 g/mol. The van der Waals surface area contributed by atoms with Crippen LogP contribution in [0.25, 0.3) is 16.7 Å². The van der Waals surface area contributed by atoms with E-state index in [1.54, 1.807) is 22.8 Å². The number of amides is 1. The van der Waals surface area contributed by atoms with E-state index in [0.29, 0.717) is 35.7 Å². The molecule has 0 saturated heterocycles. The van der Waals surface area contributed by atoms with E-state index in [2.05, 4.69) is 5.32 Å². The van der Waals surface area contributed by atoms with Gasteiger partial charge in [0.1, 0.15) is 5.65 Å². The lowest BCUT2D eigenvalue weighted by Gasteiger charge is -2.14. The molecule has 1 amide bonds. The highest BCUT2D eigenvalue weighted by Crippen LogP contribution is 2.34. The van der Waals surface area contributed by atoms with E-state index in [0.717, 1.165) is 28.0 Å². The number of anilines is 1. The summed E-state index contributed by atoms with van der Waals surface area (Å²) >= 11 is 0. The van der Waals surface area contributed by atoms with Crippen molar-refractivity contribution in [3.05, 3.63) is 75.7 Å². The Bertz CT molecular complexity index is 1450. The van der Waals surface area contributed by atoms with Crippen LogP contribution >= 0.6 is 0 Å². The molecule has 5 rings (SSSR count). The number of fused-ring (bicyclic) bond motifs is 2. The molecule has 2 aromatic carbocycles. The molecule has 34 heavy (non-hydrogen) atoms. The molecule has 2 aromatic heterocycles. The maximum Gasteiger partial charge on any atom is 0.255 e. The fourth-order valence-electron chi connectivity index (χ4n) is 4.55. The van der Waals surface area contributed by atoms with E-state index in [-0.39, 0.29) is 24.7 Å². The maximum absolute atomic E-state index is 13.5. The minimum atomic E-state index is -0.169. The zero-order valence-corrected chi connectivity index (χ0v) is 19.4. The van der Waals surface area contributed by atoms with Crippen LogP contribution in [0.4, 0.5) is 5.69 Å². The average molecular weight is 459 g/mol. The van der Waals surface area contributed by atoms with Gasteiger partial charge in [-0.05, 0) is 57.0 Å². The molecule has 1 aliphatic rings. The minimum absolute atomic E-state index is 0.0829. The summed E-state index contributed by atoms with van der Waals surface area (Å²) < 4.78 is 14.3. The number of carbonyl (C=O) groups excluding carboxylic acids is 1. The number of carbonyl (C=O) groups is 1. The summed E-state index contributed by atoms with van der Waals surface area (Å²) in [5.74, 6) is 1.10. The number of aromatic nitrogens is 3. The molecule has 174 valence electrons. The van der Waals surface area contributed by atoms with Gasteiger partial charge in [0.15, 0.2) is 11.5 Å². The van der Waals surface area contributed by atoms with Gasteiger partial charge in [-0.3, -0.25) is 14.2 Å². The Balaban J connectivity index is 1.45. The lowest BCUT2D eigenvalue weighted by molar-refractivity contribution is -0.116. The van der Waals surface area contributed by atoms with Gasteiger partial charge in [0, 0.05) is 35.7 Å². The van der Waals surface area contributed by atoms with Crippen LogP contribution in [-0.2, 0) is 17.8 Å². The SMILES string of the molecule is CCn1c(=O)c(CCC(=O)Nc2ccc3c(c2)OCO3)c(C)c2c(C)nn(-c3ccccc3)c21. The van der Waals surface area contributed by atoms with Crippen molar-refractivity contribution in [1.82, 2.24) is 14.3 Å². The number of pyridine rings is 1. The minimum Gasteiger partial charge on any atom is -0.454 e. The Morgan fingerprint density at radius 1 is 1.09 bits per heavy atom. The second-order valence-electron chi connectivity index (χ2n) is 8.30. The third-order valence-corrected chi connectivity index (χ3v) is 6.20. The van der Waals surface area contributed by atoms with Crippen molar-refractivity contribution < 1.29 is 14.3 Å². The zero-order valence-electron chi connectivity index (χ0n) is 19.4. The highest BCUT2D eigenvalue weighted by Gasteiger charge is 2.21. The first kappa shape index (κ1) is 21.8. The second kappa shape index (κ2) is 8.70. The molecular formula is C26H26N4O4. The van der Waals surface area contributed by atoms with Crippen LogP contribution < -0.4 is 20.3 Å². The number of nitrogens with one attached hydrogen (secondary N) is 1. The first-order valence-corrected chi connectivity index (χ1v) is 11.3. The number of aryl methyl sites for hydroxylation is 3. The number of nitrogens with zero attached hydrogens (tertiary/aromatic N) is 3. The van der Waals surface area contributed by atoms with E-state index < -0.39 is 0 Å². The summed E-state index contributed by atoms with van der Waals surface area (Å²) in [4.78, 5) is 26.2. The quantitative estimate of drug-likeness (QED) is 0.470. The van der Waals surface area contributed by atoms with Gasteiger partial charge in [-0.2, -0.15) is 5.10 Å². The number of ether oxygens (including phenoxy) is 2. The Morgan fingerprint density at radius 3 is 2.62 bits per heavy atom. The standard InChI is InChI=1S/C26H26N4O4/c1-4-29-25-24(17(3)28-30(25)19-8-6-5-7-9-19)16(2)20(26(29)32)11-13-23(31)27-18-10-12-21-22(14-18)34-15-33-21/h5-10,12,14H,4,11,13,15H2,1-3H3,(H,27,31). The first-order valence-electron chi connectivity index (χ1n) is 11.3. The van der Waals surface area contributed by atoms with Crippen LogP contribution in [-0.4, -0.2) is 27.0 Å². The predicted molar refractivity (Wildman–Crippen MR) is 130 cm³/mol. The summed E-state index contributed by atoms with van der Waals surface area (Å²) in [6, 6.07) is 15.1. The van der Waals surface area contributed by atoms with Gasteiger partial charge in [0.05, 0.1) is 11.4 Å². The van der Waals surface area contributed by atoms with Crippen LogP contribution in [0.15, 0.2) is 53.3 Å². The largest absolute Gasteiger partial charge is 0.454 e. The lowest BCUT2D eigenvalue weighted by atomic mass is 10.0. The lowest BCUT2D eigenvalue weighted by Crippen LogP contribution is -2.27. The molecule has 0 atom stereocenters. The molecule has 0 spiro atoms. The van der Waals surface area contributed by atoms with Crippen molar-refractivity contribution in [3.63, 3.8) is 0 Å². The van der Waals surface area contributed by atoms with Crippen LogP contribution in [0.1, 0.15) is 30.2 Å². The first-order chi connectivity index (χ1) is 16.5. The van der Waals surface area contributed by atoms with Crippen molar-refractivity contribution >= 4 is 22.6 Å². The molecule has 8 heteroatoms. The molecule has 8 nitrogen and oxygen atoms in total. The Hall–Kier alpha value is -4.07. The molecule has 0 saturated carbocycles. The van der Waals surface area contributed by atoms with Crippen molar-refractivity contribution in [2.24, 2.45) is 0 Å². The molecule has 0 fully saturated rings. The number of benzene rings is 2. The van der Waals surface area contributed by atoms with Gasteiger partial charge in [0.2, 0.25) is 12.7 Å². The normalized spacial score (nSPS) is 12.3. The third kappa shape index (κ3) is 3.71. The highest BCUT2D eigenvalue weighted by atomic mass is 16.7. The Labute approximate surface area is 196 Å². The van der Waals surface area contributed by atoms with Crippen LogP contribution in [0, 0.1) is 13.8 Å². The molecule has 0 bridgehead atoms. The fraction of sp³-hybridized carbons (Fsp3) is 0.269. The number of para-hydroxylation sites is 1. The summed E-state index contributed by atoms with van der Waals surface area (Å²) in [6.45, 7) is 6.53.